The lowest BCUT2D eigenvalue weighted by atomic mass is 10.1. The van der Waals surface area contributed by atoms with Crippen molar-refractivity contribution in [1.82, 2.24) is 24.6 Å². The van der Waals surface area contributed by atoms with Crippen molar-refractivity contribution in [2.24, 2.45) is 0 Å². The number of alkyl halides is 3. The lowest BCUT2D eigenvalue weighted by Gasteiger charge is -2.34. The Balaban J connectivity index is 1.30. The molecule has 0 saturated carbocycles. The van der Waals surface area contributed by atoms with Crippen molar-refractivity contribution in [3.05, 3.63) is 65.6 Å². The number of halogens is 3. The molecule has 1 amide bonds. The van der Waals surface area contributed by atoms with Crippen LogP contribution in [0.25, 0.3) is 16.0 Å². The normalized spacial score (nSPS) is 14.8. The fraction of sp³-hybridized carbons (Fsp3) is 0.273. The van der Waals surface area contributed by atoms with Crippen molar-refractivity contribution in [2.45, 2.75) is 13.1 Å². The van der Waals surface area contributed by atoms with Crippen molar-refractivity contribution >= 4 is 32.7 Å². The van der Waals surface area contributed by atoms with Gasteiger partial charge in [-0.2, -0.15) is 18.3 Å². The largest absolute Gasteiger partial charge is 0.416 e. The molecular formula is C22H19F3N6OS. The molecule has 1 aliphatic heterocycles. The molecule has 1 aromatic carbocycles. The summed E-state index contributed by atoms with van der Waals surface area (Å²) in [7, 11) is 0. The number of amides is 1. The molecule has 0 radical (unpaired) electrons. The Morgan fingerprint density at radius 1 is 1.09 bits per heavy atom. The second-order valence-corrected chi connectivity index (χ2v) is 8.66. The molecule has 4 aromatic rings. The summed E-state index contributed by atoms with van der Waals surface area (Å²) >= 11 is 1.52. The highest BCUT2D eigenvalue weighted by Crippen LogP contribution is 2.31. The molecule has 170 valence electrons. The van der Waals surface area contributed by atoms with Gasteiger partial charge < -0.3 is 9.80 Å². The minimum absolute atomic E-state index is 0.184. The highest BCUT2D eigenvalue weighted by atomic mass is 32.1. The van der Waals surface area contributed by atoms with Crippen LogP contribution in [0.2, 0.25) is 0 Å². The van der Waals surface area contributed by atoms with Crippen LogP contribution in [0.3, 0.4) is 0 Å². The van der Waals surface area contributed by atoms with Crippen LogP contribution in [-0.2, 0) is 6.18 Å². The molecule has 1 saturated heterocycles. The first kappa shape index (κ1) is 21.4. The fourth-order valence-corrected chi connectivity index (χ4v) is 4.82. The van der Waals surface area contributed by atoms with Gasteiger partial charge in [0.2, 0.25) is 0 Å². The zero-order valence-electron chi connectivity index (χ0n) is 17.6. The summed E-state index contributed by atoms with van der Waals surface area (Å²) in [6.07, 6.45) is -1.29. The maximum atomic E-state index is 13.1. The maximum absolute atomic E-state index is 13.1. The molecule has 0 spiro atoms. The third-order valence-corrected chi connectivity index (χ3v) is 6.69. The lowest BCUT2D eigenvalue weighted by Crippen LogP contribution is -2.48. The third-order valence-electron chi connectivity index (χ3n) is 5.65. The Hall–Kier alpha value is -3.47. The van der Waals surface area contributed by atoms with E-state index in [0.717, 1.165) is 27.6 Å². The fourth-order valence-electron chi connectivity index (χ4n) is 3.86. The Bertz CT molecular complexity index is 1290. The topological polar surface area (TPSA) is 67.2 Å². The predicted octanol–water partition coefficient (Wildman–Crippen LogP) is 4.17. The van der Waals surface area contributed by atoms with E-state index in [0.29, 0.717) is 37.4 Å². The second kappa shape index (κ2) is 8.14. The summed E-state index contributed by atoms with van der Waals surface area (Å²) in [6, 6.07) is 8.68. The molecular weight excluding hydrogens is 453 g/mol. The summed E-state index contributed by atoms with van der Waals surface area (Å²) in [4.78, 5) is 26.8. The van der Waals surface area contributed by atoms with Crippen molar-refractivity contribution < 1.29 is 18.0 Å². The van der Waals surface area contributed by atoms with Gasteiger partial charge in [0.15, 0.2) is 5.13 Å². The van der Waals surface area contributed by atoms with Crippen LogP contribution in [0.1, 0.15) is 21.6 Å². The van der Waals surface area contributed by atoms with Crippen molar-refractivity contribution in [1.29, 1.82) is 0 Å². The van der Waals surface area contributed by atoms with Gasteiger partial charge >= 0.3 is 6.18 Å². The summed E-state index contributed by atoms with van der Waals surface area (Å²) in [5.74, 6) is -0.184. The summed E-state index contributed by atoms with van der Waals surface area (Å²) in [6.45, 7) is 3.97. The zero-order valence-corrected chi connectivity index (χ0v) is 18.4. The number of thiazole rings is 1. The van der Waals surface area contributed by atoms with Crippen molar-refractivity contribution in [3.8, 4) is 5.69 Å². The molecule has 3 aromatic heterocycles. The zero-order chi connectivity index (χ0) is 23.2. The van der Waals surface area contributed by atoms with Gasteiger partial charge in [-0.15, -0.1) is 0 Å². The van der Waals surface area contributed by atoms with Crippen LogP contribution < -0.4 is 4.90 Å². The van der Waals surface area contributed by atoms with Crippen LogP contribution >= 0.6 is 11.3 Å². The Kier molecular flexibility index (Phi) is 5.28. The lowest BCUT2D eigenvalue weighted by molar-refractivity contribution is -0.137. The van der Waals surface area contributed by atoms with E-state index in [4.69, 9.17) is 0 Å². The van der Waals surface area contributed by atoms with Gasteiger partial charge in [0.25, 0.3) is 5.91 Å². The van der Waals surface area contributed by atoms with E-state index in [2.05, 4.69) is 20.0 Å². The van der Waals surface area contributed by atoms with Crippen molar-refractivity contribution in [2.75, 3.05) is 31.1 Å². The number of carbonyl (C=O) groups is 1. The first-order chi connectivity index (χ1) is 15.8. The van der Waals surface area contributed by atoms with E-state index in [1.165, 1.54) is 34.3 Å². The predicted molar refractivity (Wildman–Crippen MR) is 119 cm³/mol. The number of fused-ring (bicyclic) bond motifs is 1. The molecule has 0 unspecified atom stereocenters. The summed E-state index contributed by atoms with van der Waals surface area (Å²) in [5, 5.41) is 5.07. The molecule has 7 nitrogen and oxygen atoms in total. The van der Waals surface area contributed by atoms with Gasteiger partial charge in [0.05, 0.1) is 28.7 Å². The average molecular weight is 472 g/mol. The minimum Gasteiger partial charge on any atom is -0.344 e. The molecule has 5 rings (SSSR count). The average Bonchev–Trinajstić information content (AvgIpc) is 3.42. The minimum atomic E-state index is -4.45. The molecule has 0 atom stereocenters. The van der Waals surface area contributed by atoms with E-state index >= 15 is 0 Å². The molecule has 1 aliphatic rings. The summed E-state index contributed by atoms with van der Waals surface area (Å²) in [5.41, 5.74) is 1.23. The van der Waals surface area contributed by atoms with E-state index < -0.39 is 11.7 Å². The Labute approximate surface area is 191 Å². The number of aromatic nitrogens is 4. The molecule has 1 fully saturated rings. The van der Waals surface area contributed by atoms with Crippen molar-refractivity contribution in [3.63, 3.8) is 0 Å². The molecule has 33 heavy (non-hydrogen) atoms. The highest BCUT2D eigenvalue weighted by Gasteiger charge is 2.31. The number of benzene rings is 1. The van der Waals surface area contributed by atoms with Gasteiger partial charge in [-0.05, 0) is 37.3 Å². The van der Waals surface area contributed by atoms with Gasteiger partial charge in [-0.25, -0.2) is 14.6 Å². The van der Waals surface area contributed by atoms with Gasteiger partial charge in [-0.3, -0.25) is 4.79 Å². The van der Waals surface area contributed by atoms with E-state index in [1.54, 1.807) is 18.0 Å². The molecule has 0 bridgehead atoms. The Morgan fingerprint density at radius 2 is 1.88 bits per heavy atom. The number of nitrogens with zero attached hydrogens (tertiary/aromatic N) is 6. The van der Waals surface area contributed by atoms with Gasteiger partial charge in [0.1, 0.15) is 10.3 Å². The summed E-state index contributed by atoms with van der Waals surface area (Å²) < 4.78 is 40.6. The van der Waals surface area contributed by atoms with Crippen LogP contribution in [0.4, 0.5) is 18.3 Å². The first-order valence-electron chi connectivity index (χ1n) is 10.3. The van der Waals surface area contributed by atoms with E-state index in [1.807, 2.05) is 12.1 Å². The SMILES string of the molecule is Cc1c(C(=O)N2CCN(c3nc4cccnc4s3)CC2)cnn1-c1cccc(C(F)(F)F)c1. The molecule has 0 aliphatic carbocycles. The molecule has 11 heteroatoms. The number of hydrogen-bond donors (Lipinski definition) is 0. The third kappa shape index (κ3) is 4.04. The second-order valence-electron chi connectivity index (χ2n) is 7.71. The van der Waals surface area contributed by atoms with Crippen LogP contribution in [0.5, 0.6) is 0 Å². The van der Waals surface area contributed by atoms with E-state index in [-0.39, 0.29) is 11.6 Å². The van der Waals surface area contributed by atoms with Crippen LogP contribution in [-0.4, -0.2) is 56.7 Å². The number of hydrogen-bond acceptors (Lipinski definition) is 6. The van der Waals surface area contributed by atoms with Crippen LogP contribution in [0.15, 0.2) is 48.8 Å². The quantitative estimate of drug-likeness (QED) is 0.448. The van der Waals surface area contributed by atoms with Crippen LogP contribution in [0, 0.1) is 6.92 Å². The molecule has 4 heterocycles. The smallest absolute Gasteiger partial charge is 0.344 e. The van der Waals surface area contributed by atoms with E-state index in [9.17, 15) is 18.0 Å². The number of piperazine rings is 1. The number of carbonyl (C=O) groups excluding carboxylic acids is 1. The van der Waals surface area contributed by atoms with Gasteiger partial charge in [0, 0.05) is 32.4 Å². The highest BCUT2D eigenvalue weighted by molar-refractivity contribution is 7.21. The molecule has 0 N–H and O–H groups in total. The standard InChI is InChI=1S/C22H19F3N6OS/c1-14-17(13-27-31(14)16-5-2-4-15(12-16)22(23,24)25)20(32)29-8-10-30(11-9-29)21-28-18-6-3-7-26-19(18)33-21/h2-7,12-13H,8-11H2,1H3. The van der Waals surface area contributed by atoms with Gasteiger partial charge in [-0.1, -0.05) is 17.4 Å². The number of rotatable bonds is 3. The number of anilines is 1. The maximum Gasteiger partial charge on any atom is 0.416 e. The Morgan fingerprint density at radius 3 is 2.61 bits per heavy atom. The number of pyridine rings is 1. The monoisotopic (exact) mass is 472 g/mol. The first-order valence-corrected chi connectivity index (χ1v) is 11.1.